The highest BCUT2D eigenvalue weighted by Gasteiger charge is 2.18. The first-order valence-electron chi connectivity index (χ1n) is 9.68. The third-order valence-electron chi connectivity index (χ3n) is 5.08. The molecule has 0 bridgehead atoms. The average Bonchev–Trinajstić information content (AvgIpc) is 3.20. The van der Waals surface area contributed by atoms with Gasteiger partial charge in [0.25, 0.3) is 5.91 Å². The summed E-state index contributed by atoms with van der Waals surface area (Å²) < 4.78 is 0. The Hall–Kier alpha value is -4.06. The van der Waals surface area contributed by atoms with Crippen molar-refractivity contribution < 1.29 is 4.79 Å². The minimum atomic E-state index is -0.0841. The maximum Gasteiger partial charge on any atom is 0.254 e. The van der Waals surface area contributed by atoms with Crippen molar-refractivity contribution in [3.05, 3.63) is 90.5 Å². The predicted octanol–water partition coefficient (Wildman–Crippen LogP) is 4.45. The SMILES string of the molecule is CN(Cc1nc2ccccc2[nH]1)C(=O)c1cc(-c2cccnc2)nc2ccccc12. The summed E-state index contributed by atoms with van der Waals surface area (Å²) in [6.07, 6.45) is 3.47. The van der Waals surface area contributed by atoms with Crippen molar-refractivity contribution in [1.29, 1.82) is 0 Å². The number of carbonyl (C=O) groups excluding carboxylic acids is 1. The zero-order chi connectivity index (χ0) is 20.5. The summed E-state index contributed by atoms with van der Waals surface area (Å²) in [5.74, 6) is 0.664. The van der Waals surface area contributed by atoms with Gasteiger partial charge in [0, 0.05) is 30.4 Å². The van der Waals surface area contributed by atoms with E-state index in [-0.39, 0.29) is 5.91 Å². The molecule has 6 heteroatoms. The van der Waals surface area contributed by atoms with Crippen LogP contribution in [0.4, 0.5) is 0 Å². The first-order chi connectivity index (χ1) is 14.7. The lowest BCUT2D eigenvalue weighted by Gasteiger charge is -2.18. The molecule has 0 saturated carbocycles. The molecule has 146 valence electrons. The van der Waals surface area contributed by atoms with E-state index in [1.165, 1.54) is 0 Å². The van der Waals surface area contributed by atoms with E-state index in [1.807, 2.05) is 66.7 Å². The van der Waals surface area contributed by atoms with E-state index in [4.69, 9.17) is 4.98 Å². The number of rotatable bonds is 4. The Morgan fingerprint density at radius 2 is 1.77 bits per heavy atom. The van der Waals surface area contributed by atoms with Crippen molar-refractivity contribution in [2.75, 3.05) is 7.05 Å². The lowest BCUT2D eigenvalue weighted by molar-refractivity contribution is 0.0784. The number of nitrogens with one attached hydrogen (secondary N) is 1. The Labute approximate surface area is 173 Å². The van der Waals surface area contributed by atoms with E-state index in [1.54, 1.807) is 24.3 Å². The monoisotopic (exact) mass is 393 g/mol. The second kappa shape index (κ2) is 7.40. The molecule has 3 heterocycles. The van der Waals surface area contributed by atoms with Crippen LogP contribution in [0.1, 0.15) is 16.2 Å². The first kappa shape index (κ1) is 18.0. The van der Waals surface area contributed by atoms with Gasteiger partial charge in [-0.25, -0.2) is 9.97 Å². The fraction of sp³-hybridized carbons (Fsp3) is 0.0833. The number of hydrogen-bond donors (Lipinski definition) is 1. The molecule has 0 spiro atoms. The summed E-state index contributed by atoms with van der Waals surface area (Å²) in [6.45, 7) is 0.381. The summed E-state index contributed by atoms with van der Waals surface area (Å²) in [5.41, 5.74) is 4.83. The van der Waals surface area contributed by atoms with Gasteiger partial charge in [0.05, 0.1) is 34.4 Å². The van der Waals surface area contributed by atoms with Gasteiger partial charge in [0.15, 0.2) is 0 Å². The van der Waals surface area contributed by atoms with Crippen LogP contribution in [-0.4, -0.2) is 37.8 Å². The van der Waals surface area contributed by atoms with Crippen LogP contribution in [0, 0.1) is 0 Å². The van der Waals surface area contributed by atoms with Crippen LogP contribution in [0.3, 0.4) is 0 Å². The number of carbonyl (C=O) groups is 1. The predicted molar refractivity (Wildman–Crippen MR) is 117 cm³/mol. The average molecular weight is 393 g/mol. The number of H-pyrrole nitrogens is 1. The molecule has 30 heavy (non-hydrogen) atoms. The van der Waals surface area contributed by atoms with Crippen molar-refractivity contribution in [1.82, 2.24) is 24.8 Å². The maximum absolute atomic E-state index is 13.4. The lowest BCUT2D eigenvalue weighted by Crippen LogP contribution is -2.27. The minimum absolute atomic E-state index is 0.0841. The standard InChI is InChI=1S/C24H19N5O/c1-29(15-23-27-20-10-4-5-11-21(20)28-23)24(30)18-13-22(16-7-6-12-25-14-16)26-19-9-3-2-8-17(18)19/h2-14H,15H2,1H3,(H,27,28). The summed E-state index contributed by atoms with van der Waals surface area (Å²) in [5, 5.41) is 0.826. The van der Waals surface area contributed by atoms with Gasteiger partial charge in [-0.3, -0.25) is 9.78 Å². The van der Waals surface area contributed by atoms with Gasteiger partial charge in [-0.05, 0) is 36.4 Å². The van der Waals surface area contributed by atoms with Gasteiger partial charge in [-0.1, -0.05) is 30.3 Å². The first-order valence-corrected chi connectivity index (χ1v) is 9.68. The van der Waals surface area contributed by atoms with E-state index in [2.05, 4.69) is 15.0 Å². The van der Waals surface area contributed by atoms with E-state index in [9.17, 15) is 4.79 Å². The normalized spacial score (nSPS) is 11.1. The molecular weight excluding hydrogens is 374 g/mol. The Bertz CT molecular complexity index is 1330. The van der Waals surface area contributed by atoms with Gasteiger partial charge >= 0.3 is 0 Å². The molecule has 0 radical (unpaired) electrons. The molecule has 0 aliphatic carbocycles. The number of imidazole rings is 1. The largest absolute Gasteiger partial charge is 0.340 e. The van der Waals surface area contributed by atoms with Gasteiger partial charge in [0.1, 0.15) is 5.82 Å². The molecule has 1 N–H and O–H groups in total. The number of hydrogen-bond acceptors (Lipinski definition) is 4. The van der Waals surface area contributed by atoms with Gasteiger partial charge in [-0.15, -0.1) is 0 Å². The van der Waals surface area contributed by atoms with Crippen LogP contribution in [0.15, 0.2) is 79.1 Å². The van der Waals surface area contributed by atoms with Crippen molar-refractivity contribution in [2.24, 2.45) is 0 Å². The fourth-order valence-corrected chi connectivity index (χ4v) is 3.60. The zero-order valence-corrected chi connectivity index (χ0v) is 16.4. The molecule has 0 aliphatic heterocycles. The van der Waals surface area contributed by atoms with Crippen LogP contribution >= 0.6 is 0 Å². The van der Waals surface area contributed by atoms with Gasteiger partial charge in [-0.2, -0.15) is 0 Å². The third kappa shape index (κ3) is 3.28. The van der Waals surface area contributed by atoms with Crippen LogP contribution in [0.2, 0.25) is 0 Å². The van der Waals surface area contributed by atoms with E-state index >= 15 is 0 Å². The topological polar surface area (TPSA) is 74.8 Å². The van der Waals surface area contributed by atoms with Gasteiger partial charge in [0.2, 0.25) is 0 Å². The van der Waals surface area contributed by atoms with Crippen LogP contribution in [0.5, 0.6) is 0 Å². The molecule has 5 aromatic rings. The van der Waals surface area contributed by atoms with E-state index < -0.39 is 0 Å². The van der Waals surface area contributed by atoms with Crippen LogP contribution in [-0.2, 0) is 6.54 Å². The summed E-state index contributed by atoms with van der Waals surface area (Å²) in [7, 11) is 1.79. The highest BCUT2D eigenvalue weighted by Crippen LogP contribution is 2.25. The van der Waals surface area contributed by atoms with E-state index in [0.29, 0.717) is 12.1 Å². The number of pyridine rings is 2. The smallest absolute Gasteiger partial charge is 0.254 e. The Kier molecular flexibility index (Phi) is 4.44. The molecular formula is C24H19N5O. The van der Waals surface area contributed by atoms with Crippen LogP contribution < -0.4 is 0 Å². The summed E-state index contributed by atoms with van der Waals surface area (Å²) in [4.78, 5) is 31.9. The Morgan fingerprint density at radius 3 is 2.57 bits per heavy atom. The Balaban J connectivity index is 1.53. The quantitative estimate of drug-likeness (QED) is 0.490. The second-order valence-corrected chi connectivity index (χ2v) is 7.18. The molecule has 0 unspecified atom stereocenters. The van der Waals surface area contributed by atoms with Crippen molar-refractivity contribution >= 4 is 27.8 Å². The molecule has 6 nitrogen and oxygen atoms in total. The molecule has 0 atom stereocenters. The molecule has 1 amide bonds. The molecule has 0 saturated heterocycles. The third-order valence-corrected chi connectivity index (χ3v) is 5.08. The number of para-hydroxylation sites is 3. The molecule has 5 rings (SSSR count). The number of fused-ring (bicyclic) bond motifs is 2. The molecule has 0 aliphatic rings. The maximum atomic E-state index is 13.4. The second-order valence-electron chi connectivity index (χ2n) is 7.18. The number of aromatic amines is 1. The molecule has 3 aromatic heterocycles. The summed E-state index contributed by atoms with van der Waals surface area (Å²) >= 11 is 0. The zero-order valence-electron chi connectivity index (χ0n) is 16.4. The molecule has 2 aromatic carbocycles. The van der Waals surface area contributed by atoms with E-state index in [0.717, 1.165) is 39.0 Å². The highest BCUT2D eigenvalue weighted by molar-refractivity contribution is 6.07. The number of amides is 1. The van der Waals surface area contributed by atoms with Crippen molar-refractivity contribution in [2.45, 2.75) is 6.54 Å². The van der Waals surface area contributed by atoms with Crippen LogP contribution in [0.25, 0.3) is 33.2 Å². The highest BCUT2D eigenvalue weighted by atomic mass is 16.2. The Morgan fingerprint density at radius 1 is 0.967 bits per heavy atom. The minimum Gasteiger partial charge on any atom is -0.340 e. The number of nitrogens with zero attached hydrogens (tertiary/aromatic N) is 4. The summed E-state index contributed by atoms with van der Waals surface area (Å²) in [6, 6.07) is 21.2. The van der Waals surface area contributed by atoms with Gasteiger partial charge < -0.3 is 9.88 Å². The molecule has 0 fully saturated rings. The fourth-order valence-electron chi connectivity index (χ4n) is 3.60. The van der Waals surface area contributed by atoms with Crippen molar-refractivity contribution in [3.8, 4) is 11.3 Å². The number of benzene rings is 2. The number of aromatic nitrogens is 4. The lowest BCUT2D eigenvalue weighted by atomic mass is 10.0. The van der Waals surface area contributed by atoms with Crippen molar-refractivity contribution in [3.63, 3.8) is 0 Å².